The third kappa shape index (κ3) is 8.28. The highest BCUT2D eigenvalue weighted by molar-refractivity contribution is 6.33. The summed E-state index contributed by atoms with van der Waals surface area (Å²) in [6, 6.07) is 16.6. The molecule has 4 heterocycles. The smallest absolute Gasteiger partial charge is 0.345 e. The first-order chi connectivity index (χ1) is 26.2. The van der Waals surface area contributed by atoms with Crippen molar-refractivity contribution in [2.45, 2.75) is 26.1 Å². The zero-order valence-electron chi connectivity index (χ0n) is 29.7. The van der Waals surface area contributed by atoms with Crippen LogP contribution in [0.2, 0.25) is 5.02 Å². The number of carboxylic acids is 1. The molecule has 278 valence electrons. The monoisotopic (exact) mass is 752 g/mol. The van der Waals surface area contributed by atoms with E-state index in [1.165, 1.54) is 18.5 Å². The average molecular weight is 753 g/mol. The number of fused-ring (bicyclic) bond motifs is 1. The zero-order valence-corrected chi connectivity index (χ0v) is 30.5. The van der Waals surface area contributed by atoms with Gasteiger partial charge in [-0.05, 0) is 67.1 Å². The molecule has 12 nitrogen and oxygen atoms in total. The van der Waals surface area contributed by atoms with Crippen LogP contribution in [0.1, 0.15) is 16.8 Å². The fourth-order valence-electron chi connectivity index (χ4n) is 6.34. The first-order valence-electron chi connectivity index (χ1n) is 17.5. The highest BCUT2D eigenvalue weighted by atomic mass is 35.5. The maximum absolute atomic E-state index is 14.1. The predicted octanol–water partition coefficient (Wildman–Crippen LogP) is 6.73. The van der Waals surface area contributed by atoms with Crippen molar-refractivity contribution in [2.75, 3.05) is 46.4 Å². The van der Waals surface area contributed by atoms with Crippen LogP contribution in [0.25, 0.3) is 33.6 Å². The number of benzene rings is 3. The molecule has 7 rings (SSSR count). The Morgan fingerprint density at radius 1 is 0.981 bits per heavy atom. The summed E-state index contributed by atoms with van der Waals surface area (Å²) in [5.74, 6) is -0.283. The van der Waals surface area contributed by atoms with Gasteiger partial charge in [0.05, 0.1) is 16.9 Å². The van der Waals surface area contributed by atoms with Crippen LogP contribution in [0.4, 0.5) is 4.39 Å². The van der Waals surface area contributed by atoms with Gasteiger partial charge in [-0.2, -0.15) is 0 Å². The number of piperazine rings is 1. The first kappa shape index (κ1) is 36.7. The summed E-state index contributed by atoms with van der Waals surface area (Å²) in [6.45, 7) is 7.22. The molecule has 1 saturated heterocycles. The summed E-state index contributed by atoms with van der Waals surface area (Å²) in [7, 11) is 2.12. The minimum Gasteiger partial charge on any atom is -0.491 e. The molecule has 0 aliphatic carbocycles. The highest BCUT2D eigenvalue weighted by Crippen LogP contribution is 2.47. The van der Waals surface area contributed by atoms with Crippen molar-refractivity contribution >= 4 is 28.7 Å². The highest BCUT2D eigenvalue weighted by Gasteiger charge is 2.29. The van der Waals surface area contributed by atoms with E-state index in [-0.39, 0.29) is 24.6 Å². The van der Waals surface area contributed by atoms with Gasteiger partial charge in [-0.3, -0.25) is 14.9 Å². The summed E-state index contributed by atoms with van der Waals surface area (Å²) in [5, 5.41) is 11.2. The molecule has 1 atom stereocenters. The second kappa shape index (κ2) is 16.6. The molecule has 14 heteroatoms. The van der Waals surface area contributed by atoms with Gasteiger partial charge >= 0.3 is 5.97 Å². The average Bonchev–Trinajstić information content (AvgIpc) is 3.57. The van der Waals surface area contributed by atoms with Gasteiger partial charge in [0, 0.05) is 62.7 Å². The van der Waals surface area contributed by atoms with E-state index in [9.17, 15) is 14.3 Å². The lowest BCUT2D eigenvalue weighted by Crippen LogP contribution is -2.45. The third-order valence-corrected chi connectivity index (χ3v) is 9.81. The molecule has 0 bridgehead atoms. The van der Waals surface area contributed by atoms with Gasteiger partial charge < -0.3 is 28.6 Å². The Morgan fingerprint density at radius 3 is 2.54 bits per heavy atom. The number of hydrogen-bond donors (Lipinski definition) is 1. The van der Waals surface area contributed by atoms with Crippen LogP contribution in [0.15, 0.2) is 90.0 Å². The summed E-state index contributed by atoms with van der Waals surface area (Å²) in [6.07, 6.45) is 4.54. The van der Waals surface area contributed by atoms with E-state index in [1.807, 2.05) is 13.0 Å². The molecule has 54 heavy (non-hydrogen) atoms. The molecule has 0 spiro atoms. The van der Waals surface area contributed by atoms with Crippen molar-refractivity contribution in [3.05, 3.63) is 113 Å². The minimum atomic E-state index is -1.39. The number of ether oxygens (including phenoxy) is 3. The minimum absolute atomic E-state index is 0.0134. The topological polar surface area (TPSA) is 136 Å². The number of para-hydroxylation sites is 1. The number of nitrogens with zero attached hydrogens (tertiary/aromatic N) is 6. The quantitative estimate of drug-likeness (QED) is 0.126. The Morgan fingerprint density at radius 2 is 1.78 bits per heavy atom. The number of carboxylic acid groups (broad SMARTS) is 1. The number of halogens is 2. The van der Waals surface area contributed by atoms with Crippen LogP contribution in [-0.4, -0.2) is 93.3 Å². The van der Waals surface area contributed by atoms with Gasteiger partial charge in [0.1, 0.15) is 48.0 Å². The Balaban J connectivity index is 1.22. The van der Waals surface area contributed by atoms with E-state index in [4.69, 9.17) is 30.2 Å². The number of carbonyl (C=O) groups is 1. The normalized spacial score (nSPS) is 14.2. The SMILES string of the molecule is Cc1c(-c2c(-c3ccc(F)cc3)oc3ncnc(O[C@H](Cc4ccccc4OCc4cnccn4)C(=O)O)c23)ccc(OCCN2CCN(C)CC2)c1Cl. The van der Waals surface area contributed by atoms with Crippen LogP contribution in [0.3, 0.4) is 0 Å². The van der Waals surface area contributed by atoms with E-state index in [2.05, 4.69) is 36.8 Å². The lowest BCUT2D eigenvalue weighted by molar-refractivity contribution is -0.145. The van der Waals surface area contributed by atoms with Crippen LogP contribution in [0, 0.1) is 12.7 Å². The molecule has 0 amide bonds. The molecule has 1 aliphatic rings. The maximum Gasteiger partial charge on any atom is 0.345 e. The van der Waals surface area contributed by atoms with Gasteiger partial charge in [0.2, 0.25) is 17.7 Å². The summed E-state index contributed by atoms with van der Waals surface area (Å²) < 4.78 is 38.8. The molecule has 1 N–H and O–H groups in total. The summed E-state index contributed by atoms with van der Waals surface area (Å²) in [5.41, 5.74) is 3.76. The number of aliphatic carboxylic acids is 1. The van der Waals surface area contributed by atoms with Gasteiger partial charge in [-0.25, -0.2) is 19.2 Å². The van der Waals surface area contributed by atoms with Gasteiger partial charge in [0.15, 0.2) is 0 Å². The van der Waals surface area contributed by atoms with Crippen LogP contribution in [0.5, 0.6) is 17.4 Å². The molecule has 0 unspecified atom stereocenters. The predicted molar refractivity (Wildman–Crippen MR) is 200 cm³/mol. The molecular weight excluding hydrogens is 715 g/mol. The number of hydrogen-bond acceptors (Lipinski definition) is 11. The molecule has 3 aromatic carbocycles. The third-order valence-electron chi connectivity index (χ3n) is 9.34. The molecule has 1 aliphatic heterocycles. The number of rotatable bonds is 14. The second-order valence-corrected chi connectivity index (χ2v) is 13.3. The fraction of sp³-hybridized carbons (Fsp3) is 0.275. The Kier molecular flexibility index (Phi) is 11.3. The van der Waals surface area contributed by atoms with Crippen molar-refractivity contribution in [1.82, 2.24) is 29.7 Å². The Hall–Kier alpha value is -5.63. The molecule has 3 aromatic heterocycles. The van der Waals surface area contributed by atoms with Crippen molar-refractivity contribution in [3.63, 3.8) is 0 Å². The van der Waals surface area contributed by atoms with E-state index in [0.717, 1.165) is 32.7 Å². The van der Waals surface area contributed by atoms with Gasteiger partial charge in [-0.1, -0.05) is 35.9 Å². The van der Waals surface area contributed by atoms with E-state index >= 15 is 0 Å². The summed E-state index contributed by atoms with van der Waals surface area (Å²) in [4.78, 5) is 34.5. The largest absolute Gasteiger partial charge is 0.491 e. The second-order valence-electron chi connectivity index (χ2n) is 13.0. The number of furan rings is 1. The molecule has 1 fully saturated rings. The molecular formula is C40H38ClFN6O6. The molecule has 0 saturated carbocycles. The van der Waals surface area contributed by atoms with Crippen LogP contribution >= 0.6 is 11.6 Å². The number of likely N-dealkylation sites (N-methyl/N-ethyl adjacent to an activating group) is 1. The lowest BCUT2D eigenvalue weighted by atomic mass is 9.95. The summed E-state index contributed by atoms with van der Waals surface area (Å²) >= 11 is 6.98. The fourth-order valence-corrected chi connectivity index (χ4v) is 6.56. The van der Waals surface area contributed by atoms with E-state index in [0.29, 0.717) is 67.8 Å². The van der Waals surface area contributed by atoms with Crippen molar-refractivity contribution < 1.29 is 32.9 Å². The Bertz CT molecular complexity index is 2230. The maximum atomic E-state index is 14.1. The van der Waals surface area contributed by atoms with Crippen LogP contribution < -0.4 is 14.2 Å². The molecule has 6 aromatic rings. The van der Waals surface area contributed by atoms with Crippen molar-refractivity contribution in [1.29, 1.82) is 0 Å². The standard InChI is InChI=1S/C40H38ClFN6O6/c1-25-30(11-12-32(36(25)41)51-20-19-48-17-15-47(2)16-18-48)34-35-38(45-24-46-39(35)54-37(34)26-7-9-28(42)10-8-26)53-33(40(49)50)21-27-5-3-4-6-31(27)52-23-29-22-43-13-14-44-29/h3-14,22,24,33H,15-21,23H2,1-2H3,(H,49,50)/t33-/m1/s1. The van der Waals surface area contributed by atoms with Gasteiger partial charge in [-0.15, -0.1) is 0 Å². The zero-order chi connectivity index (χ0) is 37.6. The van der Waals surface area contributed by atoms with E-state index in [1.54, 1.807) is 61.1 Å². The lowest BCUT2D eigenvalue weighted by Gasteiger charge is -2.32. The number of aromatic nitrogens is 4. The van der Waals surface area contributed by atoms with Crippen molar-refractivity contribution in [3.8, 4) is 39.8 Å². The first-order valence-corrected chi connectivity index (χ1v) is 17.8. The molecule has 0 radical (unpaired) electrons. The van der Waals surface area contributed by atoms with E-state index < -0.39 is 17.9 Å². The van der Waals surface area contributed by atoms with Crippen LogP contribution in [-0.2, 0) is 17.8 Å². The van der Waals surface area contributed by atoms with Gasteiger partial charge in [0.25, 0.3) is 0 Å². The Labute approximate surface area is 316 Å². The van der Waals surface area contributed by atoms with Crippen molar-refractivity contribution in [2.24, 2.45) is 0 Å².